The smallest absolute Gasteiger partial charge is 0.251 e. The number of para-hydroxylation sites is 1. The summed E-state index contributed by atoms with van der Waals surface area (Å²) in [4.78, 5) is 32.3. The zero-order chi connectivity index (χ0) is 27.6. The lowest BCUT2D eigenvalue weighted by molar-refractivity contribution is -0.132. The molecule has 3 N–H and O–H groups in total. The molecule has 0 radical (unpaired) electrons. The van der Waals surface area contributed by atoms with Gasteiger partial charge in [0.15, 0.2) is 5.96 Å². The Hall–Kier alpha value is -4.27. The Bertz CT molecular complexity index is 1390. The molecular formula is C30H32FN5O3. The molecule has 2 aliphatic heterocycles. The van der Waals surface area contributed by atoms with Crippen molar-refractivity contribution in [2.24, 2.45) is 0 Å². The maximum atomic E-state index is 14.3. The predicted molar refractivity (Wildman–Crippen MR) is 145 cm³/mol. The molecule has 3 heterocycles. The standard InChI is InChI=1S/C30H32FN5O3/c1-3-30(4-2)16-26(37)36(29(32)35-30)27(21-15-22(31)18-33-17-21)19-8-7-9-20(14-19)28(38)34-24-12-13-39-25-11-6-5-10-23(24)25/h5-11,14-15,17-18,24,27H,3-4,12-13,16H2,1-2H3,(H2,32,35)(H,34,38)/t24-,27-/m0/s1. The van der Waals surface area contributed by atoms with E-state index in [9.17, 15) is 14.0 Å². The van der Waals surface area contributed by atoms with Gasteiger partial charge in [-0.1, -0.05) is 44.2 Å². The van der Waals surface area contributed by atoms with Crippen LogP contribution in [0.15, 0.2) is 67.0 Å². The van der Waals surface area contributed by atoms with Crippen LogP contribution in [-0.4, -0.2) is 39.8 Å². The summed E-state index contributed by atoms with van der Waals surface area (Å²) in [5.74, 6) is -0.372. The molecule has 5 rings (SSSR count). The lowest BCUT2D eigenvalue weighted by Gasteiger charge is -2.45. The van der Waals surface area contributed by atoms with Crippen molar-refractivity contribution < 1.29 is 18.7 Å². The van der Waals surface area contributed by atoms with Crippen LogP contribution in [-0.2, 0) is 4.79 Å². The third-order valence-corrected chi connectivity index (χ3v) is 7.76. The second-order valence-electron chi connectivity index (χ2n) is 10.1. The van der Waals surface area contributed by atoms with E-state index in [2.05, 4.69) is 15.6 Å². The number of carbonyl (C=O) groups is 2. The number of carbonyl (C=O) groups excluding carboxylic acids is 2. The van der Waals surface area contributed by atoms with Crippen molar-refractivity contribution in [2.75, 3.05) is 6.61 Å². The van der Waals surface area contributed by atoms with E-state index in [4.69, 9.17) is 10.1 Å². The molecule has 1 fully saturated rings. The van der Waals surface area contributed by atoms with E-state index in [0.29, 0.717) is 42.6 Å². The summed E-state index contributed by atoms with van der Waals surface area (Å²) in [5, 5.41) is 15.1. The molecule has 0 spiro atoms. The summed E-state index contributed by atoms with van der Waals surface area (Å²) in [7, 11) is 0. The molecule has 3 aromatic rings. The average molecular weight is 530 g/mol. The van der Waals surface area contributed by atoms with E-state index in [0.717, 1.165) is 17.5 Å². The lowest BCUT2D eigenvalue weighted by atomic mass is 9.85. The maximum Gasteiger partial charge on any atom is 0.251 e. The predicted octanol–water partition coefficient (Wildman–Crippen LogP) is 4.88. The second kappa shape index (κ2) is 10.8. The van der Waals surface area contributed by atoms with Gasteiger partial charge in [-0.2, -0.15) is 0 Å². The number of amides is 2. The van der Waals surface area contributed by atoms with Gasteiger partial charge in [-0.3, -0.25) is 24.9 Å². The van der Waals surface area contributed by atoms with Gasteiger partial charge in [0.2, 0.25) is 5.91 Å². The highest BCUT2D eigenvalue weighted by molar-refractivity contribution is 6.00. The Morgan fingerprint density at radius 2 is 1.97 bits per heavy atom. The van der Waals surface area contributed by atoms with Crippen LogP contribution in [0.25, 0.3) is 0 Å². The number of hydrogen-bond donors (Lipinski definition) is 3. The summed E-state index contributed by atoms with van der Waals surface area (Å²) in [6.45, 7) is 4.47. The Labute approximate surface area is 227 Å². The van der Waals surface area contributed by atoms with Crippen LogP contribution in [0.2, 0.25) is 0 Å². The third kappa shape index (κ3) is 5.21. The summed E-state index contributed by atoms with van der Waals surface area (Å²) < 4.78 is 20.0. The van der Waals surface area contributed by atoms with Gasteiger partial charge in [-0.25, -0.2) is 4.39 Å². The lowest BCUT2D eigenvalue weighted by Crippen LogP contribution is -2.62. The van der Waals surface area contributed by atoms with Crippen LogP contribution in [0.3, 0.4) is 0 Å². The minimum atomic E-state index is -0.844. The topological polar surface area (TPSA) is 107 Å². The van der Waals surface area contributed by atoms with Crippen LogP contribution in [0, 0.1) is 11.2 Å². The number of halogens is 1. The zero-order valence-electron chi connectivity index (χ0n) is 22.0. The van der Waals surface area contributed by atoms with E-state index in [-0.39, 0.29) is 30.2 Å². The van der Waals surface area contributed by atoms with E-state index < -0.39 is 17.4 Å². The van der Waals surface area contributed by atoms with Gasteiger partial charge in [0.05, 0.1) is 31.3 Å². The number of pyridine rings is 1. The highest BCUT2D eigenvalue weighted by Gasteiger charge is 2.42. The Balaban J connectivity index is 1.48. The SMILES string of the molecule is CCC1(CC)CC(=O)N([C@H](c2cncc(F)c2)c2cccc(C(=O)N[C@H]3CCOc4ccccc43)c2)C(=N)N1. The van der Waals surface area contributed by atoms with Crippen LogP contribution >= 0.6 is 0 Å². The highest BCUT2D eigenvalue weighted by atomic mass is 19.1. The van der Waals surface area contributed by atoms with Gasteiger partial charge >= 0.3 is 0 Å². The molecule has 0 aliphatic carbocycles. The molecule has 8 nitrogen and oxygen atoms in total. The molecule has 0 saturated carbocycles. The minimum absolute atomic E-state index is 0.0575. The van der Waals surface area contributed by atoms with Crippen LogP contribution in [0.4, 0.5) is 4.39 Å². The summed E-state index contributed by atoms with van der Waals surface area (Å²) >= 11 is 0. The minimum Gasteiger partial charge on any atom is -0.493 e. The Morgan fingerprint density at radius 3 is 2.72 bits per heavy atom. The third-order valence-electron chi connectivity index (χ3n) is 7.76. The van der Waals surface area contributed by atoms with Crippen LogP contribution in [0.5, 0.6) is 5.75 Å². The first-order chi connectivity index (χ1) is 18.8. The van der Waals surface area contributed by atoms with Gasteiger partial charge in [0, 0.05) is 34.8 Å². The molecule has 1 saturated heterocycles. The molecule has 2 aliphatic rings. The Morgan fingerprint density at radius 1 is 1.18 bits per heavy atom. The molecular weight excluding hydrogens is 497 g/mol. The molecule has 2 atom stereocenters. The second-order valence-corrected chi connectivity index (χ2v) is 10.1. The first-order valence-corrected chi connectivity index (χ1v) is 13.3. The van der Waals surface area contributed by atoms with Crippen molar-refractivity contribution in [1.82, 2.24) is 20.5 Å². The summed E-state index contributed by atoms with van der Waals surface area (Å²) in [5.41, 5.74) is 1.79. The number of fused-ring (bicyclic) bond motifs is 1. The van der Waals surface area contributed by atoms with Crippen molar-refractivity contribution in [2.45, 2.75) is 57.2 Å². The number of guanidine groups is 1. The van der Waals surface area contributed by atoms with Gasteiger partial charge in [-0.05, 0) is 42.7 Å². The van der Waals surface area contributed by atoms with Gasteiger partial charge in [0.1, 0.15) is 11.6 Å². The maximum absolute atomic E-state index is 14.3. The van der Waals surface area contributed by atoms with Crippen molar-refractivity contribution in [3.63, 3.8) is 0 Å². The molecule has 202 valence electrons. The van der Waals surface area contributed by atoms with E-state index in [1.165, 1.54) is 17.2 Å². The Kier molecular flexibility index (Phi) is 7.32. The van der Waals surface area contributed by atoms with Crippen molar-refractivity contribution >= 4 is 17.8 Å². The molecule has 2 aromatic carbocycles. The summed E-state index contributed by atoms with van der Waals surface area (Å²) in [6, 6.07) is 14.8. The van der Waals surface area contributed by atoms with Gasteiger partial charge < -0.3 is 15.4 Å². The monoisotopic (exact) mass is 529 g/mol. The number of nitrogens with zero attached hydrogens (tertiary/aromatic N) is 2. The van der Waals surface area contributed by atoms with Gasteiger partial charge in [-0.15, -0.1) is 0 Å². The zero-order valence-corrected chi connectivity index (χ0v) is 22.0. The molecule has 0 unspecified atom stereocenters. The number of benzene rings is 2. The summed E-state index contributed by atoms with van der Waals surface area (Å²) in [6.07, 6.45) is 4.79. The van der Waals surface area contributed by atoms with Gasteiger partial charge in [0.25, 0.3) is 5.91 Å². The number of rotatable bonds is 7. The quantitative estimate of drug-likeness (QED) is 0.404. The number of aromatic nitrogens is 1. The molecule has 39 heavy (non-hydrogen) atoms. The normalized spacial score (nSPS) is 18.9. The van der Waals surface area contributed by atoms with E-state index >= 15 is 0 Å². The largest absolute Gasteiger partial charge is 0.493 e. The fraction of sp³-hybridized carbons (Fsp3) is 0.333. The number of hydrogen-bond acceptors (Lipinski definition) is 5. The molecule has 2 amide bonds. The molecule has 9 heteroatoms. The average Bonchev–Trinajstić information content (AvgIpc) is 2.95. The molecule has 0 bridgehead atoms. The number of nitrogens with one attached hydrogen (secondary N) is 3. The van der Waals surface area contributed by atoms with Crippen molar-refractivity contribution in [1.29, 1.82) is 5.41 Å². The fourth-order valence-electron chi connectivity index (χ4n) is 5.46. The van der Waals surface area contributed by atoms with Crippen LogP contribution < -0.4 is 15.4 Å². The highest BCUT2D eigenvalue weighted by Crippen LogP contribution is 2.35. The number of ether oxygens (including phenoxy) is 1. The van der Waals surface area contributed by atoms with Crippen LogP contribution in [0.1, 0.15) is 78.7 Å². The first-order valence-electron chi connectivity index (χ1n) is 13.3. The fourth-order valence-corrected chi connectivity index (χ4v) is 5.46. The first kappa shape index (κ1) is 26.3. The van der Waals surface area contributed by atoms with Crippen molar-refractivity contribution in [3.8, 4) is 5.75 Å². The molecule has 1 aromatic heterocycles. The van der Waals surface area contributed by atoms with E-state index in [1.54, 1.807) is 24.3 Å². The van der Waals surface area contributed by atoms with Crippen molar-refractivity contribution in [3.05, 3.63) is 95.1 Å². The van der Waals surface area contributed by atoms with E-state index in [1.807, 2.05) is 38.1 Å².